The number of alkyl halides is 1. The van der Waals surface area contributed by atoms with Gasteiger partial charge in [-0.05, 0) is 12.5 Å². The van der Waals surface area contributed by atoms with Crippen LogP contribution in [-0.4, -0.2) is 32.6 Å². The molecular weight excluding hydrogens is 301 g/mol. The van der Waals surface area contributed by atoms with E-state index in [0.717, 1.165) is 0 Å². The predicted molar refractivity (Wildman–Crippen MR) is 70.5 cm³/mol. The van der Waals surface area contributed by atoms with E-state index in [1.807, 2.05) is 0 Å². The lowest BCUT2D eigenvalue weighted by Gasteiger charge is -2.37. The first-order valence-corrected chi connectivity index (χ1v) is 7.48. The maximum atomic E-state index is 11.6. The Bertz CT molecular complexity index is 500. The lowest BCUT2D eigenvalue weighted by atomic mass is 9.79. The Labute approximate surface area is 116 Å². The summed E-state index contributed by atoms with van der Waals surface area (Å²) in [5.74, 6) is 0.0258. The van der Waals surface area contributed by atoms with Gasteiger partial charge in [0.1, 0.15) is 10.7 Å². The average Bonchev–Trinajstić information content (AvgIpc) is 2.24. The van der Waals surface area contributed by atoms with Gasteiger partial charge in [0, 0.05) is 17.1 Å². The standard InChI is InChI=1S/C10H15Cl2NO4S/c1-10(3-4-14)7(11)5-6(17-2)8(9(10)12)18(13,15)16/h5,9,14H,3-4H2,1-2H3,(H2,13,15,16). The first-order valence-electron chi connectivity index (χ1n) is 5.12. The van der Waals surface area contributed by atoms with E-state index in [-0.39, 0.29) is 23.7 Å². The van der Waals surface area contributed by atoms with Crippen LogP contribution in [0.4, 0.5) is 0 Å². The molecule has 2 atom stereocenters. The van der Waals surface area contributed by atoms with Gasteiger partial charge in [0.05, 0.1) is 12.5 Å². The number of halogens is 2. The van der Waals surface area contributed by atoms with E-state index in [2.05, 4.69) is 0 Å². The minimum absolute atomic E-state index is 0.0258. The summed E-state index contributed by atoms with van der Waals surface area (Å²) in [7, 11) is -2.71. The van der Waals surface area contributed by atoms with E-state index in [4.69, 9.17) is 38.2 Å². The van der Waals surface area contributed by atoms with Gasteiger partial charge in [-0.2, -0.15) is 0 Å². The molecule has 0 radical (unpaired) electrons. The summed E-state index contributed by atoms with van der Waals surface area (Å²) in [6.07, 6.45) is 1.59. The van der Waals surface area contributed by atoms with E-state index in [1.54, 1.807) is 6.92 Å². The van der Waals surface area contributed by atoms with E-state index in [9.17, 15) is 8.42 Å². The number of allylic oxidation sites excluding steroid dienone is 3. The molecule has 1 aliphatic rings. The summed E-state index contributed by atoms with van der Waals surface area (Å²) in [4.78, 5) is -0.216. The smallest absolute Gasteiger partial charge is 0.239 e. The van der Waals surface area contributed by atoms with Crippen LogP contribution in [-0.2, 0) is 14.8 Å². The second-order valence-electron chi connectivity index (χ2n) is 4.22. The molecule has 104 valence electrons. The second-order valence-corrected chi connectivity index (χ2v) is 6.60. The molecule has 0 aromatic carbocycles. The highest BCUT2D eigenvalue weighted by atomic mass is 35.5. The molecule has 18 heavy (non-hydrogen) atoms. The molecule has 0 saturated heterocycles. The van der Waals surface area contributed by atoms with Gasteiger partial charge < -0.3 is 9.84 Å². The maximum absolute atomic E-state index is 11.6. The van der Waals surface area contributed by atoms with Crippen molar-refractivity contribution in [3.63, 3.8) is 0 Å². The number of aliphatic hydroxyl groups is 1. The Hall–Kier alpha value is -0.270. The van der Waals surface area contributed by atoms with Crippen molar-refractivity contribution in [2.24, 2.45) is 10.6 Å². The molecule has 1 aliphatic carbocycles. The third-order valence-electron chi connectivity index (χ3n) is 2.99. The molecule has 1 rings (SSSR count). The van der Waals surface area contributed by atoms with Crippen molar-refractivity contribution in [2.45, 2.75) is 18.7 Å². The van der Waals surface area contributed by atoms with Crippen LogP contribution in [0.3, 0.4) is 0 Å². The van der Waals surface area contributed by atoms with E-state index >= 15 is 0 Å². The maximum Gasteiger partial charge on any atom is 0.239 e. The monoisotopic (exact) mass is 315 g/mol. The first kappa shape index (κ1) is 15.8. The Balaban J connectivity index is 3.45. The third kappa shape index (κ3) is 2.67. The molecule has 0 heterocycles. The molecule has 0 aromatic heterocycles. The quantitative estimate of drug-likeness (QED) is 0.764. The fourth-order valence-corrected chi connectivity index (χ4v) is 3.85. The Morgan fingerprint density at radius 2 is 2.17 bits per heavy atom. The van der Waals surface area contributed by atoms with E-state index in [0.29, 0.717) is 5.03 Å². The van der Waals surface area contributed by atoms with Crippen molar-refractivity contribution in [1.82, 2.24) is 0 Å². The molecule has 0 fully saturated rings. The Kier molecular flexibility index (Phi) is 4.72. The SMILES string of the molecule is COC1=C(S(N)(=O)=O)C(Cl)C(C)(CCO)C(Cl)=C1. The summed E-state index contributed by atoms with van der Waals surface area (Å²) in [5.41, 5.74) is -0.901. The summed E-state index contributed by atoms with van der Waals surface area (Å²) >= 11 is 12.3. The fraction of sp³-hybridized carbons (Fsp3) is 0.600. The van der Waals surface area contributed by atoms with Crippen LogP contribution in [0.1, 0.15) is 13.3 Å². The highest BCUT2D eigenvalue weighted by Crippen LogP contribution is 2.48. The zero-order valence-corrected chi connectivity index (χ0v) is 12.3. The van der Waals surface area contributed by atoms with Gasteiger partial charge >= 0.3 is 0 Å². The largest absolute Gasteiger partial charge is 0.496 e. The Morgan fingerprint density at radius 3 is 2.56 bits per heavy atom. The predicted octanol–water partition coefficient (Wildman–Crippen LogP) is 1.27. The number of methoxy groups -OCH3 is 1. The number of nitrogens with two attached hydrogens (primary N) is 1. The van der Waals surface area contributed by atoms with Crippen LogP contribution in [0, 0.1) is 5.41 Å². The van der Waals surface area contributed by atoms with Crippen LogP contribution in [0.5, 0.6) is 0 Å². The highest BCUT2D eigenvalue weighted by Gasteiger charge is 2.45. The minimum Gasteiger partial charge on any atom is -0.496 e. The molecule has 5 nitrogen and oxygen atoms in total. The zero-order valence-electron chi connectivity index (χ0n) is 9.98. The number of rotatable bonds is 4. The van der Waals surface area contributed by atoms with Crippen LogP contribution in [0.2, 0.25) is 0 Å². The summed E-state index contributed by atoms with van der Waals surface area (Å²) in [5, 5.41) is 13.5. The van der Waals surface area contributed by atoms with Crippen LogP contribution in [0.15, 0.2) is 21.8 Å². The molecule has 0 spiro atoms. The highest BCUT2D eigenvalue weighted by molar-refractivity contribution is 7.93. The van der Waals surface area contributed by atoms with Gasteiger partial charge in [0.2, 0.25) is 10.0 Å². The van der Waals surface area contributed by atoms with Gasteiger partial charge in [-0.3, -0.25) is 0 Å². The van der Waals surface area contributed by atoms with Crippen LogP contribution >= 0.6 is 23.2 Å². The summed E-state index contributed by atoms with van der Waals surface area (Å²) in [6, 6.07) is 0. The molecule has 8 heteroatoms. The fourth-order valence-electron chi connectivity index (χ4n) is 1.81. The molecular formula is C10H15Cl2NO4S. The molecule has 2 unspecified atom stereocenters. The van der Waals surface area contributed by atoms with Gasteiger partial charge in [0.15, 0.2) is 0 Å². The lowest BCUT2D eigenvalue weighted by Crippen LogP contribution is -2.39. The molecule has 3 N–H and O–H groups in total. The Morgan fingerprint density at radius 1 is 1.61 bits per heavy atom. The minimum atomic E-state index is -4.01. The van der Waals surface area contributed by atoms with Crippen molar-refractivity contribution < 1.29 is 18.3 Å². The number of hydrogen-bond donors (Lipinski definition) is 2. The van der Waals surface area contributed by atoms with Crippen LogP contribution < -0.4 is 5.14 Å². The lowest BCUT2D eigenvalue weighted by molar-refractivity contribution is 0.223. The molecule has 0 amide bonds. The number of primary sulfonamides is 1. The van der Waals surface area contributed by atoms with Gasteiger partial charge in [-0.1, -0.05) is 18.5 Å². The second kappa shape index (κ2) is 5.38. The molecule has 0 saturated carbocycles. The molecule has 0 aliphatic heterocycles. The average molecular weight is 316 g/mol. The molecule has 0 bridgehead atoms. The number of ether oxygens (including phenoxy) is 1. The van der Waals surface area contributed by atoms with Crippen molar-refractivity contribution >= 4 is 33.2 Å². The van der Waals surface area contributed by atoms with Crippen molar-refractivity contribution in [3.05, 3.63) is 21.8 Å². The number of hydrogen-bond acceptors (Lipinski definition) is 4. The van der Waals surface area contributed by atoms with Crippen molar-refractivity contribution in [2.75, 3.05) is 13.7 Å². The first-order chi connectivity index (χ1) is 8.18. The van der Waals surface area contributed by atoms with Gasteiger partial charge in [-0.25, -0.2) is 13.6 Å². The molecule has 0 aromatic rings. The van der Waals surface area contributed by atoms with E-state index < -0.39 is 20.8 Å². The zero-order chi connectivity index (χ0) is 14.1. The van der Waals surface area contributed by atoms with Crippen molar-refractivity contribution in [3.8, 4) is 0 Å². The van der Waals surface area contributed by atoms with E-state index in [1.165, 1.54) is 13.2 Å². The number of sulfonamides is 1. The summed E-state index contributed by atoms with van der Waals surface area (Å²) in [6.45, 7) is 1.49. The normalized spacial score (nSPS) is 29.2. The summed E-state index contributed by atoms with van der Waals surface area (Å²) < 4.78 is 28.1. The van der Waals surface area contributed by atoms with Gasteiger partial charge in [0.25, 0.3) is 0 Å². The topological polar surface area (TPSA) is 89.6 Å². The van der Waals surface area contributed by atoms with Crippen molar-refractivity contribution in [1.29, 1.82) is 0 Å². The van der Waals surface area contributed by atoms with Gasteiger partial charge in [-0.15, -0.1) is 11.6 Å². The van der Waals surface area contributed by atoms with Crippen LogP contribution in [0.25, 0.3) is 0 Å². The number of aliphatic hydroxyl groups excluding tert-OH is 1. The third-order valence-corrected chi connectivity index (χ3v) is 5.41.